The highest BCUT2D eigenvalue weighted by atomic mass is 14.9. The lowest BCUT2D eigenvalue weighted by molar-refractivity contribution is -0.666. The lowest BCUT2D eigenvalue weighted by Crippen LogP contribution is -2.87. The number of hydrogen-bond donors (Lipinski definition) is 2. The van der Waals surface area contributed by atoms with Gasteiger partial charge in [-0.05, 0) is 5.92 Å². The van der Waals surface area contributed by atoms with Gasteiger partial charge in [-0.1, -0.05) is 13.8 Å². The van der Waals surface area contributed by atoms with Crippen LogP contribution in [0.2, 0.25) is 0 Å². The zero-order valence-corrected chi connectivity index (χ0v) is 7.72. The van der Waals surface area contributed by atoms with E-state index in [0.717, 1.165) is 11.8 Å². The zero-order valence-electron chi connectivity index (χ0n) is 7.72. The van der Waals surface area contributed by atoms with E-state index in [9.17, 15) is 0 Å². The maximum absolute atomic E-state index is 2.30. The van der Waals surface area contributed by atoms with Crippen LogP contribution in [0.5, 0.6) is 0 Å². The summed E-state index contributed by atoms with van der Waals surface area (Å²) < 4.78 is 0. The topological polar surface area (TPSA) is 33.2 Å². The third kappa shape index (κ3) is 3.85. The van der Waals surface area contributed by atoms with Crippen molar-refractivity contribution in [2.45, 2.75) is 13.8 Å². The fourth-order valence-electron chi connectivity index (χ4n) is 1.25. The summed E-state index contributed by atoms with van der Waals surface area (Å²) in [5.74, 6) is 1.70. The summed E-state index contributed by atoms with van der Waals surface area (Å²) in [6, 6.07) is 0. The monoisotopic (exact) mass is 146 g/mol. The first kappa shape index (κ1) is 9.92. The van der Waals surface area contributed by atoms with Crippen molar-refractivity contribution in [1.29, 1.82) is 0 Å². The molecular formula is C8H22N2+2. The van der Waals surface area contributed by atoms with E-state index in [1.54, 1.807) is 0 Å². The minimum Gasteiger partial charge on any atom is -0.348 e. The Morgan fingerprint density at radius 1 is 1.00 bits per heavy atom. The summed E-state index contributed by atoms with van der Waals surface area (Å²) >= 11 is 0. The molecule has 62 valence electrons. The van der Waals surface area contributed by atoms with E-state index in [1.807, 2.05) is 0 Å². The van der Waals surface area contributed by atoms with E-state index in [4.69, 9.17) is 0 Å². The first-order valence-electron chi connectivity index (χ1n) is 4.28. The van der Waals surface area contributed by atoms with Crippen molar-refractivity contribution < 1.29 is 10.6 Å². The summed E-state index contributed by atoms with van der Waals surface area (Å²) in [5, 5.41) is 4.54. The van der Waals surface area contributed by atoms with Gasteiger partial charge in [0.2, 0.25) is 0 Å². The van der Waals surface area contributed by atoms with Gasteiger partial charge in [0.05, 0.1) is 33.1 Å². The maximum Gasteiger partial charge on any atom is 0.0838 e. The van der Waals surface area contributed by atoms with Crippen LogP contribution in [0.25, 0.3) is 0 Å². The third-order valence-corrected chi connectivity index (χ3v) is 2.02. The maximum atomic E-state index is 2.30. The Labute approximate surface area is 64.4 Å². The molecule has 2 nitrogen and oxygen atoms in total. The molecule has 0 aromatic heterocycles. The SMILES string of the molecule is C[NH2+]CC(C[NH2+]C)C(C)C. The number of nitrogens with two attached hydrogens (primary N) is 2. The van der Waals surface area contributed by atoms with E-state index >= 15 is 0 Å². The van der Waals surface area contributed by atoms with Gasteiger partial charge in [0.25, 0.3) is 0 Å². The molecule has 0 aliphatic rings. The van der Waals surface area contributed by atoms with Crippen LogP contribution in [-0.2, 0) is 0 Å². The summed E-state index contributed by atoms with van der Waals surface area (Å²) in [6.45, 7) is 7.14. The largest absolute Gasteiger partial charge is 0.348 e. The number of rotatable bonds is 5. The summed E-state index contributed by atoms with van der Waals surface area (Å²) in [5.41, 5.74) is 0. The highest BCUT2D eigenvalue weighted by molar-refractivity contribution is 4.57. The molecule has 0 unspecified atom stereocenters. The summed E-state index contributed by atoms with van der Waals surface area (Å²) in [4.78, 5) is 0. The van der Waals surface area contributed by atoms with Crippen molar-refractivity contribution >= 4 is 0 Å². The minimum absolute atomic E-state index is 0.826. The molecule has 10 heavy (non-hydrogen) atoms. The zero-order chi connectivity index (χ0) is 7.98. The van der Waals surface area contributed by atoms with Gasteiger partial charge >= 0.3 is 0 Å². The van der Waals surface area contributed by atoms with Crippen molar-refractivity contribution in [1.82, 2.24) is 0 Å². The van der Waals surface area contributed by atoms with Crippen LogP contribution in [-0.4, -0.2) is 27.2 Å². The van der Waals surface area contributed by atoms with Crippen LogP contribution in [0, 0.1) is 11.8 Å². The van der Waals surface area contributed by atoms with Gasteiger partial charge in [0.1, 0.15) is 0 Å². The highest BCUT2D eigenvalue weighted by Gasteiger charge is 2.14. The molecule has 0 bridgehead atoms. The Kier molecular flexibility index (Phi) is 5.64. The Balaban J connectivity index is 3.50. The fraction of sp³-hybridized carbons (Fsp3) is 1.00. The molecule has 0 radical (unpaired) electrons. The van der Waals surface area contributed by atoms with Gasteiger partial charge in [-0.3, -0.25) is 0 Å². The molecule has 0 rings (SSSR count). The van der Waals surface area contributed by atoms with Crippen molar-refractivity contribution in [3.05, 3.63) is 0 Å². The first-order valence-corrected chi connectivity index (χ1v) is 4.28. The van der Waals surface area contributed by atoms with Crippen LogP contribution in [0.1, 0.15) is 13.8 Å². The quantitative estimate of drug-likeness (QED) is 0.481. The van der Waals surface area contributed by atoms with Gasteiger partial charge in [-0.25, -0.2) is 0 Å². The number of hydrogen-bond acceptors (Lipinski definition) is 0. The molecule has 0 heterocycles. The molecule has 0 spiro atoms. The van der Waals surface area contributed by atoms with E-state index in [2.05, 4.69) is 38.6 Å². The molecule has 0 aliphatic carbocycles. The second-order valence-electron chi connectivity index (χ2n) is 3.29. The lowest BCUT2D eigenvalue weighted by Gasteiger charge is -2.15. The Morgan fingerprint density at radius 3 is 1.60 bits per heavy atom. The first-order chi connectivity index (χ1) is 4.72. The molecule has 0 fully saturated rings. The summed E-state index contributed by atoms with van der Waals surface area (Å²) in [6.07, 6.45) is 0. The highest BCUT2D eigenvalue weighted by Crippen LogP contribution is 2.04. The summed E-state index contributed by atoms with van der Waals surface area (Å²) in [7, 11) is 4.29. The normalized spacial score (nSPS) is 11.4. The standard InChI is InChI=1S/C8H20N2/c1-7(2)8(5-9-3)6-10-4/h7-10H,5-6H2,1-4H3/p+2. The van der Waals surface area contributed by atoms with Crippen molar-refractivity contribution in [3.8, 4) is 0 Å². The van der Waals surface area contributed by atoms with Crippen molar-refractivity contribution in [2.24, 2.45) is 11.8 Å². The second kappa shape index (κ2) is 5.69. The van der Waals surface area contributed by atoms with E-state index in [0.29, 0.717) is 0 Å². The van der Waals surface area contributed by atoms with E-state index in [-0.39, 0.29) is 0 Å². The Hall–Kier alpha value is -0.0800. The Bertz CT molecular complexity index is 65.7. The van der Waals surface area contributed by atoms with Gasteiger partial charge in [0.15, 0.2) is 0 Å². The Morgan fingerprint density at radius 2 is 1.40 bits per heavy atom. The van der Waals surface area contributed by atoms with Gasteiger partial charge in [-0.2, -0.15) is 0 Å². The third-order valence-electron chi connectivity index (χ3n) is 2.02. The average Bonchev–Trinajstić information content (AvgIpc) is 1.87. The number of quaternary nitrogens is 2. The van der Waals surface area contributed by atoms with E-state index in [1.165, 1.54) is 13.1 Å². The van der Waals surface area contributed by atoms with Gasteiger partial charge in [-0.15, -0.1) is 0 Å². The molecule has 0 aromatic rings. The molecule has 2 heteroatoms. The molecule has 4 N–H and O–H groups in total. The predicted octanol–water partition coefficient (Wildman–Crippen LogP) is -1.35. The van der Waals surface area contributed by atoms with Crippen LogP contribution < -0.4 is 10.6 Å². The molecule has 0 amide bonds. The molecule has 0 aromatic carbocycles. The molecule has 0 saturated carbocycles. The molecule has 0 saturated heterocycles. The smallest absolute Gasteiger partial charge is 0.0838 e. The molecule has 0 aliphatic heterocycles. The van der Waals surface area contributed by atoms with Crippen LogP contribution in [0.3, 0.4) is 0 Å². The van der Waals surface area contributed by atoms with Crippen molar-refractivity contribution in [2.75, 3.05) is 27.2 Å². The molecular weight excluding hydrogens is 124 g/mol. The second-order valence-corrected chi connectivity index (χ2v) is 3.29. The minimum atomic E-state index is 0.826. The molecule has 0 atom stereocenters. The van der Waals surface area contributed by atoms with Gasteiger partial charge < -0.3 is 10.6 Å². The fourth-order valence-corrected chi connectivity index (χ4v) is 1.25. The van der Waals surface area contributed by atoms with Crippen LogP contribution in [0.4, 0.5) is 0 Å². The predicted molar refractivity (Wildman–Crippen MR) is 43.8 cm³/mol. The van der Waals surface area contributed by atoms with Crippen LogP contribution in [0.15, 0.2) is 0 Å². The average molecular weight is 146 g/mol. The van der Waals surface area contributed by atoms with Crippen LogP contribution >= 0.6 is 0 Å². The van der Waals surface area contributed by atoms with Crippen molar-refractivity contribution in [3.63, 3.8) is 0 Å². The van der Waals surface area contributed by atoms with Gasteiger partial charge in [0, 0.05) is 0 Å². The van der Waals surface area contributed by atoms with E-state index < -0.39 is 0 Å². The lowest BCUT2D eigenvalue weighted by atomic mass is 9.96.